The molecule has 0 bridgehead atoms. The van der Waals surface area contributed by atoms with Crippen molar-refractivity contribution in [2.75, 3.05) is 17.7 Å². The number of nitrogens with zero attached hydrogens (tertiary/aromatic N) is 1. The number of amides is 1. The van der Waals surface area contributed by atoms with Gasteiger partial charge in [0.15, 0.2) is 0 Å². The second kappa shape index (κ2) is 8.36. The van der Waals surface area contributed by atoms with Gasteiger partial charge in [-0.2, -0.15) is 0 Å². The Balaban J connectivity index is 1.60. The highest BCUT2D eigenvalue weighted by atomic mass is 35.5. The van der Waals surface area contributed by atoms with Crippen LogP contribution in [0.25, 0.3) is 0 Å². The third-order valence-corrected chi connectivity index (χ3v) is 4.05. The third-order valence-electron chi connectivity index (χ3n) is 3.75. The van der Waals surface area contributed by atoms with E-state index in [4.69, 9.17) is 16.3 Å². The minimum Gasteiger partial charge on any atom is -0.495 e. The van der Waals surface area contributed by atoms with Gasteiger partial charge in [-0.15, -0.1) is 0 Å². The lowest BCUT2D eigenvalue weighted by Crippen LogP contribution is -2.12. The van der Waals surface area contributed by atoms with E-state index in [1.165, 1.54) is 6.20 Å². The Labute approximate surface area is 157 Å². The van der Waals surface area contributed by atoms with Crippen molar-refractivity contribution < 1.29 is 9.53 Å². The average molecular weight is 368 g/mol. The molecule has 3 aromatic rings. The molecule has 0 spiro atoms. The fourth-order valence-electron chi connectivity index (χ4n) is 2.37. The van der Waals surface area contributed by atoms with Gasteiger partial charge in [-0.05, 0) is 35.9 Å². The number of halogens is 1. The smallest absolute Gasteiger partial charge is 0.257 e. The standard InChI is InChI=1S/C20H18ClN3O2/c1-26-18-9-8-16(11-17(18)21)24-20(25)15-7-10-19(23-13-15)22-12-14-5-3-2-4-6-14/h2-11,13H,12H2,1H3,(H,22,23)(H,24,25). The second-order valence-corrected chi connectivity index (χ2v) is 5.98. The number of rotatable bonds is 6. The fourth-order valence-corrected chi connectivity index (χ4v) is 2.63. The first-order valence-electron chi connectivity index (χ1n) is 8.04. The van der Waals surface area contributed by atoms with Crippen molar-refractivity contribution in [2.45, 2.75) is 6.54 Å². The molecule has 0 saturated heterocycles. The minimum atomic E-state index is -0.256. The Bertz CT molecular complexity index is 883. The Morgan fingerprint density at radius 1 is 1.12 bits per heavy atom. The predicted octanol–water partition coefficient (Wildman–Crippen LogP) is 4.61. The molecule has 132 valence electrons. The monoisotopic (exact) mass is 367 g/mol. The van der Waals surface area contributed by atoms with Crippen molar-refractivity contribution in [1.82, 2.24) is 4.98 Å². The molecule has 2 aromatic carbocycles. The first-order valence-corrected chi connectivity index (χ1v) is 8.42. The maximum absolute atomic E-state index is 12.3. The molecular formula is C20H18ClN3O2. The largest absolute Gasteiger partial charge is 0.495 e. The first kappa shape index (κ1) is 17.8. The van der Waals surface area contributed by atoms with Crippen LogP contribution in [0.5, 0.6) is 5.75 Å². The maximum Gasteiger partial charge on any atom is 0.257 e. The predicted molar refractivity (Wildman–Crippen MR) is 104 cm³/mol. The summed E-state index contributed by atoms with van der Waals surface area (Å²) >= 11 is 6.07. The van der Waals surface area contributed by atoms with E-state index in [2.05, 4.69) is 15.6 Å². The topological polar surface area (TPSA) is 63.2 Å². The zero-order chi connectivity index (χ0) is 18.4. The van der Waals surface area contributed by atoms with Crippen molar-refractivity contribution in [3.8, 4) is 5.75 Å². The number of benzene rings is 2. The number of carbonyl (C=O) groups excluding carboxylic acids is 1. The number of aromatic nitrogens is 1. The van der Waals surface area contributed by atoms with Crippen molar-refractivity contribution in [3.05, 3.63) is 83.0 Å². The quantitative estimate of drug-likeness (QED) is 0.668. The summed E-state index contributed by atoms with van der Waals surface area (Å²) in [6.45, 7) is 0.670. The molecule has 1 aromatic heterocycles. The summed E-state index contributed by atoms with van der Waals surface area (Å²) in [5.74, 6) is 1.01. The van der Waals surface area contributed by atoms with Gasteiger partial charge in [0.05, 0.1) is 17.7 Å². The van der Waals surface area contributed by atoms with Crippen LogP contribution in [0.3, 0.4) is 0 Å². The molecule has 1 heterocycles. The fraction of sp³-hybridized carbons (Fsp3) is 0.100. The van der Waals surface area contributed by atoms with Crippen LogP contribution >= 0.6 is 11.6 Å². The summed E-state index contributed by atoms with van der Waals surface area (Å²) in [5, 5.41) is 6.45. The number of carbonyl (C=O) groups is 1. The van der Waals surface area contributed by atoms with Crippen LogP contribution in [0.15, 0.2) is 66.9 Å². The van der Waals surface area contributed by atoms with Crippen LogP contribution in [0.4, 0.5) is 11.5 Å². The highest BCUT2D eigenvalue weighted by Gasteiger charge is 2.09. The van der Waals surface area contributed by atoms with Gasteiger partial charge >= 0.3 is 0 Å². The van der Waals surface area contributed by atoms with Gasteiger partial charge in [-0.3, -0.25) is 4.79 Å². The summed E-state index contributed by atoms with van der Waals surface area (Å²) < 4.78 is 5.10. The Hall–Kier alpha value is -3.05. The Morgan fingerprint density at radius 3 is 2.58 bits per heavy atom. The summed E-state index contributed by atoms with van der Waals surface area (Å²) in [7, 11) is 1.54. The lowest BCUT2D eigenvalue weighted by Gasteiger charge is -2.09. The number of hydrogen-bond donors (Lipinski definition) is 2. The Kier molecular flexibility index (Phi) is 5.71. The molecule has 0 aliphatic rings. The number of methoxy groups -OCH3 is 1. The highest BCUT2D eigenvalue weighted by Crippen LogP contribution is 2.27. The molecule has 6 heteroatoms. The lowest BCUT2D eigenvalue weighted by molar-refractivity contribution is 0.102. The van der Waals surface area contributed by atoms with Crippen LogP contribution in [-0.2, 0) is 6.54 Å². The van der Waals surface area contributed by atoms with Crippen molar-refractivity contribution in [3.63, 3.8) is 0 Å². The molecule has 0 atom stereocenters. The lowest BCUT2D eigenvalue weighted by atomic mass is 10.2. The molecule has 0 aliphatic heterocycles. The average Bonchev–Trinajstić information content (AvgIpc) is 2.68. The van der Waals surface area contributed by atoms with E-state index in [1.54, 1.807) is 37.4 Å². The molecule has 0 fully saturated rings. The van der Waals surface area contributed by atoms with Gasteiger partial charge in [0.25, 0.3) is 5.91 Å². The number of hydrogen-bond acceptors (Lipinski definition) is 4. The number of anilines is 2. The second-order valence-electron chi connectivity index (χ2n) is 5.57. The van der Waals surface area contributed by atoms with E-state index >= 15 is 0 Å². The molecule has 2 N–H and O–H groups in total. The van der Waals surface area contributed by atoms with Crippen LogP contribution in [-0.4, -0.2) is 18.0 Å². The third kappa shape index (κ3) is 4.52. The minimum absolute atomic E-state index is 0.256. The molecule has 26 heavy (non-hydrogen) atoms. The van der Waals surface area contributed by atoms with Gasteiger partial charge in [0.1, 0.15) is 11.6 Å². The molecule has 1 amide bonds. The van der Waals surface area contributed by atoms with Crippen molar-refractivity contribution in [1.29, 1.82) is 0 Å². The molecule has 3 rings (SSSR count). The first-order chi connectivity index (χ1) is 12.7. The van der Waals surface area contributed by atoms with E-state index in [0.29, 0.717) is 34.4 Å². The van der Waals surface area contributed by atoms with Crippen LogP contribution in [0.1, 0.15) is 15.9 Å². The molecule has 5 nitrogen and oxygen atoms in total. The molecule has 0 saturated carbocycles. The Morgan fingerprint density at radius 2 is 1.92 bits per heavy atom. The van der Waals surface area contributed by atoms with Gasteiger partial charge < -0.3 is 15.4 Å². The maximum atomic E-state index is 12.3. The van der Waals surface area contributed by atoms with E-state index in [-0.39, 0.29) is 5.91 Å². The van der Waals surface area contributed by atoms with E-state index in [0.717, 1.165) is 5.56 Å². The number of nitrogens with one attached hydrogen (secondary N) is 2. The SMILES string of the molecule is COc1ccc(NC(=O)c2ccc(NCc3ccccc3)nc2)cc1Cl. The normalized spacial score (nSPS) is 10.2. The van der Waals surface area contributed by atoms with Gasteiger partial charge in [0, 0.05) is 18.4 Å². The molecule has 0 unspecified atom stereocenters. The van der Waals surface area contributed by atoms with E-state index in [1.807, 2.05) is 30.3 Å². The number of ether oxygens (including phenoxy) is 1. The highest BCUT2D eigenvalue weighted by molar-refractivity contribution is 6.32. The molecule has 0 radical (unpaired) electrons. The van der Waals surface area contributed by atoms with Gasteiger partial charge in [0.2, 0.25) is 0 Å². The van der Waals surface area contributed by atoms with E-state index < -0.39 is 0 Å². The van der Waals surface area contributed by atoms with Crippen LogP contribution in [0.2, 0.25) is 5.02 Å². The summed E-state index contributed by atoms with van der Waals surface area (Å²) in [5.41, 5.74) is 2.21. The molecular weight excluding hydrogens is 350 g/mol. The van der Waals surface area contributed by atoms with Crippen molar-refractivity contribution >= 4 is 29.0 Å². The van der Waals surface area contributed by atoms with Gasteiger partial charge in [-0.25, -0.2) is 4.98 Å². The van der Waals surface area contributed by atoms with E-state index in [9.17, 15) is 4.79 Å². The number of pyridine rings is 1. The van der Waals surface area contributed by atoms with Crippen LogP contribution < -0.4 is 15.4 Å². The van der Waals surface area contributed by atoms with Gasteiger partial charge in [-0.1, -0.05) is 41.9 Å². The van der Waals surface area contributed by atoms with Crippen molar-refractivity contribution in [2.24, 2.45) is 0 Å². The van der Waals surface area contributed by atoms with Crippen LogP contribution in [0, 0.1) is 0 Å². The summed E-state index contributed by atoms with van der Waals surface area (Å²) in [6.07, 6.45) is 1.54. The summed E-state index contributed by atoms with van der Waals surface area (Å²) in [4.78, 5) is 16.6. The zero-order valence-corrected chi connectivity index (χ0v) is 15.0. The summed E-state index contributed by atoms with van der Waals surface area (Å²) in [6, 6.07) is 18.6. The molecule has 0 aliphatic carbocycles. The zero-order valence-electron chi connectivity index (χ0n) is 14.2.